The molecule has 1 aliphatic heterocycles. The molecule has 2 amide bonds. The molecular weight excluding hydrogens is 328 g/mol. The zero-order chi connectivity index (χ0) is 14.7. The summed E-state index contributed by atoms with van der Waals surface area (Å²) in [6, 6.07) is 4.32. The van der Waals surface area contributed by atoms with Gasteiger partial charge in [0, 0.05) is 30.1 Å². The maximum absolute atomic E-state index is 12.1. The first-order valence-corrected chi connectivity index (χ1v) is 7.00. The van der Waals surface area contributed by atoms with Crippen molar-refractivity contribution < 1.29 is 19.8 Å². The number of halogens is 1. The van der Waals surface area contributed by atoms with Gasteiger partial charge in [0.2, 0.25) is 0 Å². The molecule has 1 unspecified atom stereocenters. The first kappa shape index (κ1) is 14.8. The summed E-state index contributed by atoms with van der Waals surface area (Å²) in [4.78, 5) is 24.8. The van der Waals surface area contributed by atoms with Crippen LogP contribution in [0.4, 0.5) is 10.5 Å². The maximum atomic E-state index is 12.1. The van der Waals surface area contributed by atoms with Gasteiger partial charge >= 0.3 is 12.0 Å². The summed E-state index contributed by atoms with van der Waals surface area (Å²) < 4.78 is 0.634. The topological polar surface area (TPSA) is 89.9 Å². The SMILES string of the molecule is O=C(O)c1cc(Br)ccc1NC(=O)N1CCC(CO)C1. The summed E-state index contributed by atoms with van der Waals surface area (Å²) in [7, 11) is 0. The summed E-state index contributed by atoms with van der Waals surface area (Å²) in [6.45, 7) is 1.11. The van der Waals surface area contributed by atoms with Crippen LogP contribution in [0.2, 0.25) is 0 Å². The van der Waals surface area contributed by atoms with Crippen molar-refractivity contribution >= 4 is 33.6 Å². The van der Waals surface area contributed by atoms with E-state index in [-0.39, 0.29) is 29.8 Å². The average molecular weight is 343 g/mol. The third kappa shape index (κ3) is 3.29. The van der Waals surface area contributed by atoms with Crippen molar-refractivity contribution in [2.24, 2.45) is 5.92 Å². The molecule has 0 radical (unpaired) electrons. The Morgan fingerprint density at radius 2 is 2.20 bits per heavy atom. The molecule has 1 heterocycles. The lowest BCUT2D eigenvalue weighted by Crippen LogP contribution is -2.33. The van der Waals surface area contributed by atoms with Gasteiger partial charge in [-0.25, -0.2) is 9.59 Å². The number of likely N-dealkylation sites (tertiary alicyclic amines) is 1. The zero-order valence-electron chi connectivity index (χ0n) is 10.7. The second kappa shape index (κ2) is 6.23. The molecule has 1 aromatic rings. The van der Waals surface area contributed by atoms with E-state index in [1.165, 1.54) is 6.07 Å². The van der Waals surface area contributed by atoms with E-state index in [0.717, 1.165) is 6.42 Å². The molecule has 6 nitrogen and oxygen atoms in total. The van der Waals surface area contributed by atoms with Crippen molar-refractivity contribution in [3.8, 4) is 0 Å². The Labute approximate surface area is 124 Å². The number of rotatable bonds is 3. The number of benzene rings is 1. The molecule has 2 rings (SSSR count). The monoisotopic (exact) mass is 342 g/mol. The largest absolute Gasteiger partial charge is 0.478 e. The molecule has 1 aromatic carbocycles. The number of carboxylic acids is 1. The van der Waals surface area contributed by atoms with Crippen LogP contribution >= 0.6 is 15.9 Å². The Morgan fingerprint density at radius 1 is 1.45 bits per heavy atom. The standard InChI is InChI=1S/C13H15BrN2O4/c14-9-1-2-11(10(5-9)12(18)19)15-13(20)16-4-3-8(6-16)7-17/h1-2,5,8,17H,3-4,6-7H2,(H,15,20)(H,18,19). The van der Waals surface area contributed by atoms with Crippen molar-refractivity contribution in [2.45, 2.75) is 6.42 Å². The van der Waals surface area contributed by atoms with E-state index in [4.69, 9.17) is 10.2 Å². The number of carbonyl (C=O) groups is 2. The highest BCUT2D eigenvalue weighted by molar-refractivity contribution is 9.10. The quantitative estimate of drug-likeness (QED) is 0.783. The van der Waals surface area contributed by atoms with Gasteiger partial charge in [-0.05, 0) is 24.6 Å². The van der Waals surface area contributed by atoms with Crippen molar-refractivity contribution in [3.05, 3.63) is 28.2 Å². The fourth-order valence-corrected chi connectivity index (χ4v) is 2.52. The molecule has 1 saturated heterocycles. The molecule has 1 fully saturated rings. The summed E-state index contributed by atoms with van der Waals surface area (Å²) in [5.74, 6) is -0.999. The molecule has 3 N–H and O–H groups in total. The molecule has 7 heteroatoms. The molecule has 0 bridgehead atoms. The van der Waals surface area contributed by atoms with Gasteiger partial charge in [0.05, 0.1) is 11.3 Å². The van der Waals surface area contributed by atoms with Crippen LogP contribution in [0.3, 0.4) is 0 Å². The highest BCUT2D eigenvalue weighted by Crippen LogP contribution is 2.23. The van der Waals surface area contributed by atoms with E-state index in [1.54, 1.807) is 17.0 Å². The van der Waals surface area contributed by atoms with Crippen molar-refractivity contribution in [3.63, 3.8) is 0 Å². The molecule has 108 valence electrons. The summed E-state index contributed by atoms with van der Waals surface area (Å²) in [5, 5.41) is 20.8. The third-order valence-corrected chi connectivity index (χ3v) is 3.78. The van der Waals surface area contributed by atoms with Crippen molar-refractivity contribution in [1.29, 1.82) is 0 Å². The third-order valence-electron chi connectivity index (χ3n) is 3.28. The number of amides is 2. The number of hydrogen-bond donors (Lipinski definition) is 3. The van der Waals surface area contributed by atoms with Crippen LogP contribution in [0.5, 0.6) is 0 Å². The van der Waals surface area contributed by atoms with Crippen LogP contribution in [0.1, 0.15) is 16.8 Å². The molecule has 0 saturated carbocycles. The van der Waals surface area contributed by atoms with Crippen LogP contribution in [0, 0.1) is 5.92 Å². The number of anilines is 1. The predicted molar refractivity (Wildman–Crippen MR) is 76.9 cm³/mol. The van der Waals surface area contributed by atoms with Crippen LogP contribution in [0.15, 0.2) is 22.7 Å². The summed E-state index contributed by atoms with van der Waals surface area (Å²) >= 11 is 3.20. The Balaban J connectivity index is 2.10. The number of urea groups is 1. The van der Waals surface area contributed by atoms with Gasteiger partial charge in [-0.2, -0.15) is 0 Å². The minimum Gasteiger partial charge on any atom is -0.478 e. The molecular formula is C13H15BrN2O4. The minimum absolute atomic E-state index is 0.0330. The lowest BCUT2D eigenvalue weighted by Gasteiger charge is -2.18. The van der Waals surface area contributed by atoms with Gasteiger partial charge in [-0.3, -0.25) is 0 Å². The van der Waals surface area contributed by atoms with E-state index >= 15 is 0 Å². The van der Waals surface area contributed by atoms with E-state index in [0.29, 0.717) is 17.6 Å². The predicted octanol–water partition coefficient (Wildman–Crippen LogP) is 1.99. The smallest absolute Gasteiger partial charge is 0.337 e. The number of aromatic carboxylic acids is 1. The van der Waals surface area contributed by atoms with Gasteiger partial charge in [0.15, 0.2) is 0 Å². The van der Waals surface area contributed by atoms with Crippen LogP contribution in [-0.2, 0) is 0 Å². The normalized spacial score (nSPS) is 18.1. The Bertz CT molecular complexity index is 535. The minimum atomic E-state index is -1.10. The van der Waals surface area contributed by atoms with Gasteiger partial charge in [-0.15, -0.1) is 0 Å². The highest BCUT2D eigenvalue weighted by atomic mass is 79.9. The maximum Gasteiger partial charge on any atom is 0.337 e. The van der Waals surface area contributed by atoms with Crippen molar-refractivity contribution in [2.75, 3.05) is 25.0 Å². The van der Waals surface area contributed by atoms with Crippen molar-refractivity contribution in [1.82, 2.24) is 4.90 Å². The Morgan fingerprint density at radius 3 is 2.80 bits per heavy atom. The van der Waals surface area contributed by atoms with E-state index in [2.05, 4.69) is 21.2 Å². The lowest BCUT2D eigenvalue weighted by atomic mass is 10.1. The second-order valence-electron chi connectivity index (χ2n) is 4.71. The number of aliphatic hydroxyl groups excluding tert-OH is 1. The average Bonchev–Trinajstić information content (AvgIpc) is 2.89. The molecule has 1 atom stereocenters. The number of carboxylic acid groups (broad SMARTS) is 1. The molecule has 1 aliphatic rings. The fraction of sp³-hybridized carbons (Fsp3) is 0.385. The highest BCUT2D eigenvalue weighted by Gasteiger charge is 2.26. The van der Waals surface area contributed by atoms with Gasteiger partial charge in [-0.1, -0.05) is 15.9 Å². The van der Waals surface area contributed by atoms with Crippen LogP contribution in [0.25, 0.3) is 0 Å². The van der Waals surface area contributed by atoms with Gasteiger partial charge in [0.1, 0.15) is 0 Å². The summed E-state index contributed by atoms with van der Waals surface area (Å²) in [5.41, 5.74) is 0.295. The summed E-state index contributed by atoms with van der Waals surface area (Å²) in [6.07, 6.45) is 0.760. The second-order valence-corrected chi connectivity index (χ2v) is 5.62. The fourth-order valence-electron chi connectivity index (χ4n) is 2.16. The number of nitrogens with one attached hydrogen (secondary N) is 1. The van der Waals surface area contributed by atoms with Gasteiger partial charge < -0.3 is 20.4 Å². The number of carbonyl (C=O) groups excluding carboxylic acids is 1. The van der Waals surface area contributed by atoms with Crippen LogP contribution in [-0.4, -0.2) is 46.8 Å². The number of aliphatic hydroxyl groups is 1. The number of hydrogen-bond acceptors (Lipinski definition) is 3. The van der Waals surface area contributed by atoms with E-state index < -0.39 is 5.97 Å². The molecule has 0 aromatic heterocycles. The molecule has 0 aliphatic carbocycles. The first-order chi connectivity index (χ1) is 9.51. The lowest BCUT2D eigenvalue weighted by molar-refractivity contribution is 0.0698. The Kier molecular flexibility index (Phi) is 4.61. The first-order valence-electron chi connectivity index (χ1n) is 6.21. The van der Waals surface area contributed by atoms with Crippen LogP contribution < -0.4 is 5.32 Å². The molecule has 0 spiro atoms. The Hall–Kier alpha value is -1.60. The number of nitrogens with zero attached hydrogens (tertiary/aromatic N) is 1. The zero-order valence-corrected chi connectivity index (χ0v) is 12.3. The van der Waals surface area contributed by atoms with E-state index in [1.807, 2.05) is 0 Å². The van der Waals surface area contributed by atoms with Gasteiger partial charge in [0.25, 0.3) is 0 Å². The molecule has 20 heavy (non-hydrogen) atoms. The van der Waals surface area contributed by atoms with E-state index in [9.17, 15) is 9.59 Å².